The van der Waals surface area contributed by atoms with Gasteiger partial charge in [0.05, 0.1) is 12.8 Å². The maximum Gasteiger partial charge on any atom is 0.243 e. The lowest BCUT2D eigenvalue weighted by atomic mass is 10.0. The van der Waals surface area contributed by atoms with Crippen molar-refractivity contribution in [2.75, 3.05) is 13.2 Å². The zero-order chi connectivity index (χ0) is 14.3. The molecule has 1 aliphatic rings. The van der Waals surface area contributed by atoms with Gasteiger partial charge in [0.1, 0.15) is 12.6 Å². The molecule has 0 aromatic rings. The molecule has 4 N–H and O–H groups in total. The molecule has 2 atom stereocenters. The lowest BCUT2D eigenvalue weighted by molar-refractivity contribution is -0.122. The van der Waals surface area contributed by atoms with E-state index < -0.39 is 6.04 Å². The molecule has 0 aliphatic carbocycles. The monoisotopic (exact) mass is 267 g/mol. The number of nitrogens with two attached hydrogens (primary N) is 1. The van der Waals surface area contributed by atoms with Crippen LogP contribution in [0, 0.1) is 5.92 Å². The molecule has 0 spiro atoms. The van der Waals surface area contributed by atoms with E-state index in [1.807, 2.05) is 13.8 Å². The standard InChI is InChI=1S/C13H21N3O3/c1-9(2)11-3-4-12(17)15-6-8-19-7-5-10(14)13(18)16-11/h3-5,7,9-11H,6,8,14H2,1-2H3,(H,15,17)(H,16,18)/t10-,11+/m0/s1. The van der Waals surface area contributed by atoms with Gasteiger partial charge in [-0.3, -0.25) is 9.59 Å². The molecule has 1 rings (SSSR count). The van der Waals surface area contributed by atoms with Gasteiger partial charge in [-0.1, -0.05) is 19.9 Å². The molecule has 0 bridgehead atoms. The van der Waals surface area contributed by atoms with Crippen LogP contribution >= 0.6 is 0 Å². The van der Waals surface area contributed by atoms with Gasteiger partial charge in [0.2, 0.25) is 11.8 Å². The molecule has 2 amide bonds. The second-order valence-corrected chi connectivity index (χ2v) is 4.65. The number of carbonyl (C=O) groups is 2. The van der Waals surface area contributed by atoms with E-state index in [4.69, 9.17) is 10.5 Å². The summed E-state index contributed by atoms with van der Waals surface area (Å²) in [6, 6.07) is -1.00. The molecule has 0 aromatic carbocycles. The van der Waals surface area contributed by atoms with Crippen molar-refractivity contribution in [2.45, 2.75) is 25.9 Å². The molecule has 0 radical (unpaired) electrons. The summed E-state index contributed by atoms with van der Waals surface area (Å²) < 4.78 is 5.11. The Kier molecular flexibility index (Phi) is 6.08. The Balaban J connectivity index is 2.82. The number of hydrogen-bond acceptors (Lipinski definition) is 4. The Bertz CT molecular complexity index is 377. The molecule has 6 heteroatoms. The van der Waals surface area contributed by atoms with E-state index in [0.29, 0.717) is 13.2 Å². The summed E-state index contributed by atoms with van der Waals surface area (Å²) >= 11 is 0. The van der Waals surface area contributed by atoms with E-state index >= 15 is 0 Å². The van der Waals surface area contributed by atoms with Crippen molar-refractivity contribution in [1.29, 1.82) is 0 Å². The molecule has 1 heterocycles. The number of hydrogen-bond donors (Lipinski definition) is 3. The highest BCUT2D eigenvalue weighted by Crippen LogP contribution is 2.04. The molecule has 0 saturated heterocycles. The third kappa shape index (κ3) is 5.56. The van der Waals surface area contributed by atoms with Crippen LogP contribution in [0.2, 0.25) is 0 Å². The highest BCUT2D eigenvalue weighted by atomic mass is 16.5. The van der Waals surface area contributed by atoms with Crippen LogP contribution in [0.4, 0.5) is 0 Å². The fraction of sp³-hybridized carbons (Fsp3) is 0.538. The van der Waals surface area contributed by atoms with Gasteiger partial charge in [-0.15, -0.1) is 0 Å². The summed E-state index contributed by atoms with van der Waals surface area (Å²) in [6.07, 6.45) is 5.96. The van der Waals surface area contributed by atoms with E-state index in [-0.39, 0.29) is 23.8 Å². The van der Waals surface area contributed by atoms with Crippen molar-refractivity contribution >= 4 is 11.8 Å². The van der Waals surface area contributed by atoms with E-state index in [9.17, 15) is 9.59 Å². The molecule has 0 aromatic heterocycles. The van der Waals surface area contributed by atoms with Gasteiger partial charge in [-0.2, -0.15) is 0 Å². The first-order chi connectivity index (χ1) is 9.00. The third-order valence-corrected chi connectivity index (χ3v) is 2.69. The van der Waals surface area contributed by atoms with E-state index in [2.05, 4.69) is 10.6 Å². The van der Waals surface area contributed by atoms with Gasteiger partial charge < -0.3 is 21.1 Å². The second kappa shape index (κ2) is 7.58. The van der Waals surface area contributed by atoms with Crippen LogP contribution in [0.3, 0.4) is 0 Å². The molecule has 0 fully saturated rings. The third-order valence-electron chi connectivity index (χ3n) is 2.69. The van der Waals surface area contributed by atoms with Crippen molar-refractivity contribution in [2.24, 2.45) is 11.7 Å². The number of carbonyl (C=O) groups excluding carboxylic acids is 2. The molecule has 0 unspecified atom stereocenters. The first kappa shape index (κ1) is 15.2. The van der Waals surface area contributed by atoms with Gasteiger partial charge in [-0.25, -0.2) is 0 Å². The summed E-state index contributed by atoms with van der Waals surface area (Å²) in [5, 5.41) is 5.46. The van der Waals surface area contributed by atoms with Crippen molar-refractivity contribution in [1.82, 2.24) is 10.6 Å². The number of rotatable bonds is 1. The molecule has 6 nitrogen and oxygen atoms in total. The molecule has 0 saturated carbocycles. The highest BCUT2D eigenvalue weighted by Gasteiger charge is 2.17. The predicted octanol–water partition coefficient (Wildman–Crippen LogP) is -0.329. The smallest absolute Gasteiger partial charge is 0.243 e. The number of ether oxygens (including phenoxy) is 1. The zero-order valence-electron chi connectivity index (χ0n) is 11.3. The second-order valence-electron chi connectivity index (χ2n) is 4.65. The first-order valence-corrected chi connectivity index (χ1v) is 6.31. The Hall–Kier alpha value is -1.82. The van der Waals surface area contributed by atoms with Crippen LogP contribution in [0.1, 0.15) is 13.8 Å². The van der Waals surface area contributed by atoms with Gasteiger partial charge in [0.25, 0.3) is 0 Å². The summed E-state index contributed by atoms with van der Waals surface area (Å²) in [7, 11) is 0. The van der Waals surface area contributed by atoms with Crippen molar-refractivity contribution in [3.05, 3.63) is 24.5 Å². The molecular weight excluding hydrogens is 246 g/mol. The topological polar surface area (TPSA) is 93.4 Å². The SMILES string of the molecule is CC(C)[C@H]1C=CC(=O)NCCOC=C[C@H](N)C(=O)N1. The lowest BCUT2D eigenvalue weighted by Crippen LogP contribution is -2.45. The van der Waals surface area contributed by atoms with Crippen LogP contribution in [-0.2, 0) is 14.3 Å². The van der Waals surface area contributed by atoms with Gasteiger partial charge in [-0.05, 0) is 12.0 Å². The maximum absolute atomic E-state index is 11.8. The molecule has 1 aliphatic heterocycles. The van der Waals surface area contributed by atoms with Crippen molar-refractivity contribution in [3.8, 4) is 0 Å². The van der Waals surface area contributed by atoms with Crippen LogP contribution in [0.25, 0.3) is 0 Å². The quantitative estimate of drug-likeness (QED) is 0.606. The largest absolute Gasteiger partial charge is 0.500 e. The first-order valence-electron chi connectivity index (χ1n) is 6.31. The van der Waals surface area contributed by atoms with E-state index in [0.717, 1.165) is 0 Å². The zero-order valence-corrected chi connectivity index (χ0v) is 11.3. The molecule has 106 valence electrons. The minimum atomic E-state index is -0.765. The average molecular weight is 267 g/mol. The summed E-state index contributed by atoms with van der Waals surface area (Å²) in [4.78, 5) is 23.3. The van der Waals surface area contributed by atoms with Crippen LogP contribution in [0.15, 0.2) is 24.5 Å². The number of amides is 2. The summed E-state index contributed by atoms with van der Waals surface area (Å²) in [6.45, 7) is 4.64. The predicted molar refractivity (Wildman–Crippen MR) is 72.0 cm³/mol. The molecular formula is C13H21N3O3. The summed E-state index contributed by atoms with van der Waals surface area (Å²) in [5.74, 6) is -0.357. The Morgan fingerprint density at radius 2 is 2.11 bits per heavy atom. The molecule has 19 heavy (non-hydrogen) atoms. The minimum Gasteiger partial charge on any atom is -0.500 e. The maximum atomic E-state index is 11.8. The Labute approximate surface area is 113 Å². The van der Waals surface area contributed by atoms with Gasteiger partial charge in [0, 0.05) is 12.1 Å². The fourth-order valence-corrected chi connectivity index (χ4v) is 1.48. The van der Waals surface area contributed by atoms with Crippen molar-refractivity contribution < 1.29 is 14.3 Å². The van der Waals surface area contributed by atoms with Crippen LogP contribution in [-0.4, -0.2) is 37.0 Å². The van der Waals surface area contributed by atoms with Gasteiger partial charge in [0.15, 0.2) is 0 Å². The normalized spacial score (nSPS) is 25.7. The summed E-state index contributed by atoms with van der Waals surface area (Å²) in [5.41, 5.74) is 5.70. The van der Waals surface area contributed by atoms with Crippen LogP contribution < -0.4 is 16.4 Å². The fourth-order valence-electron chi connectivity index (χ4n) is 1.48. The van der Waals surface area contributed by atoms with Crippen molar-refractivity contribution in [3.63, 3.8) is 0 Å². The van der Waals surface area contributed by atoms with Gasteiger partial charge >= 0.3 is 0 Å². The average Bonchev–Trinajstić information content (AvgIpc) is 2.37. The number of nitrogens with one attached hydrogen (secondary N) is 2. The van der Waals surface area contributed by atoms with E-state index in [1.165, 1.54) is 18.4 Å². The Morgan fingerprint density at radius 1 is 1.37 bits per heavy atom. The lowest BCUT2D eigenvalue weighted by Gasteiger charge is -2.20. The van der Waals surface area contributed by atoms with E-state index in [1.54, 1.807) is 6.08 Å². The minimum absolute atomic E-state index is 0.158. The van der Waals surface area contributed by atoms with Crippen LogP contribution in [0.5, 0.6) is 0 Å². The Morgan fingerprint density at radius 3 is 2.79 bits per heavy atom. The highest BCUT2D eigenvalue weighted by molar-refractivity contribution is 5.88.